The number of primary amides is 1. The molecule has 0 unspecified atom stereocenters. The monoisotopic (exact) mass is 299 g/mol. The molecule has 20 heavy (non-hydrogen) atoms. The van der Waals surface area contributed by atoms with Gasteiger partial charge in [-0.2, -0.15) is 13.2 Å². The van der Waals surface area contributed by atoms with Gasteiger partial charge in [0.1, 0.15) is 0 Å². The zero-order valence-corrected chi connectivity index (χ0v) is 11.3. The van der Waals surface area contributed by atoms with Crippen LogP contribution in [0.15, 0.2) is 0 Å². The van der Waals surface area contributed by atoms with Gasteiger partial charge in [-0.3, -0.25) is 14.6 Å². The Balaban J connectivity index is 2.40. The Kier molecular flexibility index (Phi) is 6.18. The van der Waals surface area contributed by atoms with Crippen LogP contribution in [0, 0.1) is 0 Å². The van der Waals surface area contributed by atoms with Crippen molar-refractivity contribution in [2.45, 2.75) is 18.4 Å². The van der Waals surface area contributed by atoms with Crippen LogP contribution in [0.4, 0.5) is 13.2 Å². The van der Waals surface area contributed by atoms with Gasteiger partial charge >= 0.3 is 6.18 Å². The SMILES string of the molecule is CN(CC(N)=O)C[C@H]1CN(C[C@@H](O)C(F)(F)F)CCO1. The first-order chi connectivity index (χ1) is 9.18. The normalized spacial score (nSPS) is 23.0. The molecule has 118 valence electrons. The van der Waals surface area contributed by atoms with E-state index in [0.717, 1.165) is 0 Å². The van der Waals surface area contributed by atoms with Gasteiger partial charge in [-0.1, -0.05) is 0 Å². The third kappa shape index (κ3) is 6.04. The van der Waals surface area contributed by atoms with Gasteiger partial charge in [0.2, 0.25) is 5.91 Å². The Bertz CT molecular complexity index is 328. The fourth-order valence-corrected chi connectivity index (χ4v) is 2.08. The van der Waals surface area contributed by atoms with Gasteiger partial charge in [-0.25, -0.2) is 0 Å². The number of hydrogen-bond donors (Lipinski definition) is 2. The molecule has 0 aliphatic carbocycles. The molecule has 0 aromatic heterocycles. The van der Waals surface area contributed by atoms with Gasteiger partial charge in [0, 0.05) is 26.2 Å². The number of β-amino-alcohol motifs (C(OH)–C–C–N with tert-alkyl or cyclic N) is 1. The average Bonchev–Trinajstić information content (AvgIpc) is 2.26. The Morgan fingerprint density at radius 2 is 2.25 bits per heavy atom. The minimum atomic E-state index is -4.61. The number of aliphatic hydroxyl groups is 1. The minimum absolute atomic E-state index is 0.0606. The molecular formula is C11H20F3N3O3. The fourth-order valence-electron chi connectivity index (χ4n) is 2.08. The summed E-state index contributed by atoms with van der Waals surface area (Å²) in [5, 5.41) is 9.05. The lowest BCUT2D eigenvalue weighted by Gasteiger charge is -2.35. The second-order valence-electron chi connectivity index (χ2n) is 4.97. The van der Waals surface area contributed by atoms with E-state index in [4.69, 9.17) is 15.6 Å². The second kappa shape index (κ2) is 7.21. The molecule has 1 heterocycles. The molecule has 6 nitrogen and oxygen atoms in total. The lowest BCUT2D eigenvalue weighted by molar-refractivity contribution is -0.211. The number of aliphatic hydroxyl groups excluding tert-OH is 1. The third-order valence-electron chi connectivity index (χ3n) is 2.97. The number of likely N-dealkylation sites (N-methyl/N-ethyl adjacent to an activating group) is 1. The largest absolute Gasteiger partial charge is 0.415 e. The number of nitrogens with two attached hydrogens (primary N) is 1. The second-order valence-corrected chi connectivity index (χ2v) is 4.97. The molecule has 2 atom stereocenters. The van der Waals surface area contributed by atoms with Crippen molar-refractivity contribution in [2.75, 3.05) is 46.4 Å². The minimum Gasteiger partial charge on any atom is -0.382 e. The van der Waals surface area contributed by atoms with Crippen LogP contribution in [0.1, 0.15) is 0 Å². The van der Waals surface area contributed by atoms with E-state index < -0.39 is 24.7 Å². The molecule has 1 saturated heterocycles. The zero-order valence-electron chi connectivity index (χ0n) is 11.3. The molecule has 1 aliphatic rings. The van der Waals surface area contributed by atoms with E-state index >= 15 is 0 Å². The molecule has 3 N–H and O–H groups in total. The summed E-state index contributed by atoms with van der Waals surface area (Å²) in [5.74, 6) is -0.479. The Morgan fingerprint density at radius 1 is 1.60 bits per heavy atom. The Morgan fingerprint density at radius 3 is 2.80 bits per heavy atom. The van der Waals surface area contributed by atoms with Gasteiger partial charge < -0.3 is 15.6 Å². The van der Waals surface area contributed by atoms with Crippen molar-refractivity contribution in [1.29, 1.82) is 0 Å². The predicted octanol–water partition coefficient (Wildman–Crippen LogP) is -0.972. The number of rotatable bonds is 6. The maximum absolute atomic E-state index is 12.3. The number of halogens is 3. The summed E-state index contributed by atoms with van der Waals surface area (Å²) in [4.78, 5) is 13.9. The van der Waals surface area contributed by atoms with Crippen LogP contribution < -0.4 is 5.73 Å². The topological polar surface area (TPSA) is 79.0 Å². The molecule has 0 aromatic rings. The van der Waals surface area contributed by atoms with Crippen LogP contribution in [0.3, 0.4) is 0 Å². The first kappa shape index (κ1) is 17.2. The standard InChI is InChI=1S/C11H20F3N3O3/c1-16(7-10(15)19)4-8-5-17(2-3-20-8)6-9(18)11(12,13)14/h8-9,18H,2-7H2,1H3,(H2,15,19)/t8-,9+/m0/s1. The third-order valence-corrected chi connectivity index (χ3v) is 2.97. The van der Waals surface area contributed by atoms with Crippen molar-refractivity contribution in [2.24, 2.45) is 5.73 Å². The summed E-state index contributed by atoms with van der Waals surface area (Å²) in [5.41, 5.74) is 5.05. The van der Waals surface area contributed by atoms with E-state index in [-0.39, 0.29) is 19.2 Å². The smallest absolute Gasteiger partial charge is 0.382 e. The number of carbonyl (C=O) groups excluding carboxylic acids is 1. The quantitative estimate of drug-likeness (QED) is 0.659. The number of nitrogens with zero attached hydrogens (tertiary/aromatic N) is 2. The molecule has 0 aromatic carbocycles. The van der Waals surface area contributed by atoms with E-state index in [2.05, 4.69) is 0 Å². The molecule has 0 radical (unpaired) electrons. The molecular weight excluding hydrogens is 279 g/mol. The van der Waals surface area contributed by atoms with Crippen LogP contribution >= 0.6 is 0 Å². The van der Waals surface area contributed by atoms with Gasteiger partial charge in [0.25, 0.3) is 0 Å². The van der Waals surface area contributed by atoms with Gasteiger partial charge in [0.05, 0.1) is 19.3 Å². The molecule has 0 spiro atoms. The summed E-state index contributed by atoms with van der Waals surface area (Å²) >= 11 is 0. The lowest BCUT2D eigenvalue weighted by Crippen LogP contribution is -2.51. The van der Waals surface area contributed by atoms with Crippen LogP contribution in [0.25, 0.3) is 0 Å². The maximum Gasteiger partial charge on any atom is 0.415 e. The van der Waals surface area contributed by atoms with E-state index in [1.54, 1.807) is 11.9 Å². The summed E-state index contributed by atoms with van der Waals surface area (Å²) < 4.78 is 42.3. The summed E-state index contributed by atoms with van der Waals surface area (Å²) in [7, 11) is 1.68. The molecule has 1 fully saturated rings. The molecule has 0 saturated carbocycles. The van der Waals surface area contributed by atoms with Gasteiger partial charge in [0.15, 0.2) is 6.10 Å². The highest BCUT2D eigenvalue weighted by Gasteiger charge is 2.39. The highest BCUT2D eigenvalue weighted by atomic mass is 19.4. The fraction of sp³-hybridized carbons (Fsp3) is 0.909. The number of alkyl halides is 3. The van der Waals surface area contributed by atoms with Crippen LogP contribution in [-0.2, 0) is 9.53 Å². The van der Waals surface area contributed by atoms with E-state index in [9.17, 15) is 18.0 Å². The van der Waals surface area contributed by atoms with Crippen molar-refractivity contribution in [3.63, 3.8) is 0 Å². The number of ether oxygens (including phenoxy) is 1. The van der Waals surface area contributed by atoms with Crippen LogP contribution in [-0.4, -0.2) is 85.6 Å². The van der Waals surface area contributed by atoms with Crippen molar-refractivity contribution in [3.8, 4) is 0 Å². The highest BCUT2D eigenvalue weighted by Crippen LogP contribution is 2.21. The Labute approximate surface area is 115 Å². The number of amides is 1. The number of hydrogen-bond acceptors (Lipinski definition) is 5. The van der Waals surface area contributed by atoms with Crippen molar-refractivity contribution >= 4 is 5.91 Å². The number of morpholine rings is 1. The molecule has 1 rings (SSSR count). The highest BCUT2D eigenvalue weighted by molar-refractivity contribution is 5.75. The number of carbonyl (C=O) groups is 1. The van der Waals surface area contributed by atoms with Crippen LogP contribution in [0.2, 0.25) is 0 Å². The Hall–Kier alpha value is -0.900. The molecule has 1 amide bonds. The van der Waals surface area contributed by atoms with Gasteiger partial charge in [-0.15, -0.1) is 0 Å². The molecule has 1 aliphatic heterocycles. The van der Waals surface area contributed by atoms with Crippen molar-refractivity contribution < 1.29 is 27.8 Å². The first-order valence-corrected chi connectivity index (χ1v) is 6.24. The maximum atomic E-state index is 12.3. The van der Waals surface area contributed by atoms with Gasteiger partial charge in [-0.05, 0) is 7.05 Å². The van der Waals surface area contributed by atoms with Crippen molar-refractivity contribution in [1.82, 2.24) is 9.80 Å². The lowest BCUT2D eigenvalue weighted by atomic mass is 10.2. The zero-order chi connectivity index (χ0) is 15.3. The van der Waals surface area contributed by atoms with E-state index in [1.165, 1.54) is 4.90 Å². The summed E-state index contributed by atoms with van der Waals surface area (Å²) in [6.07, 6.45) is -7.28. The average molecular weight is 299 g/mol. The first-order valence-electron chi connectivity index (χ1n) is 6.24. The van der Waals surface area contributed by atoms with Crippen molar-refractivity contribution in [3.05, 3.63) is 0 Å². The van der Waals surface area contributed by atoms with E-state index in [1.807, 2.05) is 0 Å². The van der Waals surface area contributed by atoms with E-state index in [0.29, 0.717) is 19.7 Å². The molecule has 9 heteroatoms. The summed E-state index contributed by atoms with van der Waals surface area (Å²) in [6.45, 7) is 0.883. The predicted molar refractivity (Wildman–Crippen MR) is 64.9 cm³/mol. The molecule has 0 bridgehead atoms. The summed E-state index contributed by atoms with van der Waals surface area (Å²) in [6, 6.07) is 0. The van der Waals surface area contributed by atoms with Crippen LogP contribution in [0.5, 0.6) is 0 Å².